The van der Waals surface area contributed by atoms with Crippen molar-refractivity contribution < 1.29 is 56.8 Å². The van der Waals surface area contributed by atoms with Crippen molar-refractivity contribution in [2.75, 3.05) is 0 Å². The molecule has 4 rings (SSSR count). The Balaban J connectivity index is 0.00000171. The minimum Gasteiger partial charge on any atom is -1.00 e. The van der Waals surface area contributed by atoms with Gasteiger partial charge in [-0.2, -0.15) is 0 Å². The zero-order chi connectivity index (χ0) is 20.7. The van der Waals surface area contributed by atoms with Crippen molar-refractivity contribution >= 4 is 11.1 Å². The molecule has 5 heteroatoms. The molecular formula is C26H24Cl2F2Zr. The van der Waals surface area contributed by atoms with Gasteiger partial charge in [-0.3, -0.25) is 0 Å². The third-order valence-corrected chi connectivity index (χ3v) is 11.3. The molecule has 0 heterocycles. The van der Waals surface area contributed by atoms with E-state index in [4.69, 9.17) is 0 Å². The summed E-state index contributed by atoms with van der Waals surface area (Å²) in [6.07, 6.45) is 4.58. The molecule has 2 aromatic rings. The van der Waals surface area contributed by atoms with Gasteiger partial charge < -0.3 is 24.8 Å². The molecule has 160 valence electrons. The Labute approximate surface area is 207 Å². The van der Waals surface area contributed by atoms with Crippen molar-refractivity contribution in [3.8, 4) is 0 Å². The SMILES string of the molecule is CC1=[C]([Zr+2][C]2=C(C)C(c3cccc(F)c3)=CC2C)C(C)C=C1c1cccc(F)c1.[Cl-].[Cl-]. The van der Waals surface area contributed by atoms with Gasteiger partial charge in [0.2, 0.25) is 0 Å². The summed E-state index contributed by atoms with van der Waals surface area (Å²) in [6, 6.07) is 13.8. The van der Waals surface area contributed by atoms with Crippen LogP contribution in [0.25, 0.3) is 11.1 Å². The van der Waals surface area contributed by atoms with Crippen LogP contribution in [0.4, 0.5) is 8.78 Å². The summed E-state index contributed by atoms with van der Waals surface area (Å²) in [5.41, 5.74) is 6.92. The van der Waals surface area contributed by atoms with Gasteiger partial charge in [0.25, 0.3) is 0 Å². The minimum absolute atomic E-state index is 0. The standard InChI is InChI=1S/2C13H12F.2ClH.Zr/c2*1-9-6-10(2)13(7-9)11-4-3-5-12(14)8-11;;;/h2*3-5,7-9H,1-2H3;2*1H;/q;;;;+2/p-2. The second-order valence-corrected chi connectivity index (χ2v) is 11.2. The third kappa shape index (κ3) is 5.21. The Morgan fingerprint density at radius 1 is 0.677 bits per heavy atom. The number of benzene rings is 2. The number of hydrogen-bond acceptors (Lipinski definition) is 0. The van der Waals surface area contributed by atoms with E-state index >= 15 is 0 Å². The Hall–Kier alpha value is -1.28. The average molecular weight is 537 g/mol. The summed E-state index contributed by atoms with van der Waals surface area (Å²) in [4.78, 5) is 0. The maximum atomic E-state index is 13.7. The van der Waals surface area contributed by atoms with Gasteiger partial charge in [-0.25, -0.2) is 0 Å². The van der Waals surface area contributed by atoms with Gasteiger partial charge in [0.15, 0.2) is 0 Å². The molecule has 0 aromatic heterocycles. The second-order valence-electron chi connectivity index (χ2n) is 7.96. The number of allylic oxidation sites excluding steroid dienone is 8. The first-order valence-electron chi connectivity index (χ1n) is 10.00. The van der Waals surface area contributed by atoms with E-state index in [1.165, 1.54) is 34.4 Å². The van der Waals surface area contributed by atoms with Crippen molar-refractivity contribution in [2.24, 2.45) is 11.8 Å². The first kappa shape index (κ1) is 26.0. The molecule has 0 bridgehead atoms. The summed E-state index contributed by atoms with van der Waals surface area (Å²) >= 11 is -0.997. The van der Waals surface area contributed by atoms with E-state index < -0.39 is 23.2 Å². The molecule has 31 heavy (non-hydrogen) atoms. The van der Waals surface area contributed by atoms with Gasteiger partial charge in [0.05, 0.1) is 0 Å². The second kappa shape index (κ2) is 10.6. The molecule has 0 fully saturated rings. The molecule has 2 aliphatic carbocycles. The first-order valence-corrected chi connectivity index (χ1v) is 12.5. The molecule has 2 aliphatic rings. The Morgan fingerprint density at radius 3 is 1.42 bits per heavy atom. The summed E-state index contributed by atoms with van der Waals surface area (Å²) in [6.45, 7) is 8.88. The van der Waals surface area contributed by atoms with Crippen LogP contribution in [0.1, 0.15) is 38.8 Å². The van der Waals surface area contributed by atoms with E-state index in [1.807, 2.05) is 12.1 Å². The van der Waals surface area contributed by atoms with Crippen LogP contribution in [0.15, 0.2) is 78.4 Å². The topological polar surface area (TPSA) is 0 Å². The molecule has 0 N–H and O–H groups in total. The average Bonchev–Trinajstić information content (AvgIpc) is 3.13. The molecule has 2 unspecified atom stereocenters. The first-order chi connectivity index (χ1) is 13.8. The fraction of sp³-hybridized carbons (Fsp3) is 0.231. The number of hydrogen-bond donors (Lipinski definition) is 0. The monoisotopic (exact) mass is 534 g/mol. The van der Waals surface area contributed by atoms with Crippen LogP contribution in [-0.2, 0) is 23.2 Å². The van der Waals surface area contributed by atoms with Crippen molar-refractivity contribution in [2.45, 2.75) is 27.7 Å². The maximum Gasteiger partial charge on any atom is -1.00 e. The van der Waals surface area contributed by atoms with Crippen LogP contribution in [0.5, 0.6) is 0 Å². The fourth-order valence-corrected chi connectivity index (χ4v) is 8.21. The van der Waals surface area contributed by atoms with E-state index in [0.29, 0.717) is 11.8 Å². The van der Waals surface area contributed by atoms with Gasteiger partial charge in [0, 0.05) is 0 Å². The Morgan fingerprint density at radius 2 is 1.06 bits per heavy atom. The van der Waals surface area contributed by atoms with Gasteiger partial charge in [-0.05, 0) is 0 Å². The zero-order valence-corrected chi connectivity index (χ0v) is 21.9. The molecule has 0 radical (unpaired) electrons. The normalized spacial score (nSPS) is 20.1. The van der Waals surface area contributed by atoms with Crippen molar-refractivity contribution in [1.29, 1.82) is 0 Å². The number of halogens is 4. The molecule has 2 aromatic carbocycles. The summed E-state index contributed by atoms with van der Waals surface area (Å²) < 4.78 is 30.6. The molecular weight excluding hydrogens is 512 g/mol. The van der Waals surface area contributed by atoms with E-state index in [-0.39, 0.29) is 36.4 Å². The summed E-state index contributed by atoms with van der Waals surface area (Å²) in [5, 5.41) is 0. The maximum absolute atomic E-state index is 13.7. The van der Waals surface area contributed by atoms with Crippen molar-refractivity contribution in [1.82, 2.24) is 0 Å². The quantitative estimate of drug-likeness (QED) is 0.554. The smallest absolute Gasteiger partial charge is 1.00 e. The fourth-order valence-electron chi connectivity index (χ4n) is 4.39. The van der Waals surface area contributed by atoms with E-state index in [9.17, 15) is 8.78 Å². The van der Waals surface area contributed by atoms with Crippen LogP contribution < -0.4 is 24.8 Å². The van der Waals surface area contributed by atoms with Crippen molar-refractivity contribution in [3.63, 3.8) is 0 Å². The van der Waals surface area contributed by atoms with E-state index in [1.54, 1.807) is 30.8 Å². The van der Waals surface area contributed by atoms with E-state index in [2.05, 4.69) is 39.8 Å². The van der Waals surface area contributed by atoms with Crippen LogP contribution in [-0.4, -0.2) is 0 Å². The molecule has 0 saturated carbocycles. The predicted molar refractivity (Wildman–Crippen MR) is 112 cm³/mol. The Kier molecular flexibility index (Phi) is 8.85. The van der Waals surface area contributed by atoms with Crippen molar-refractivity contribution in [3.05, 3.63) is 101 Å². The van der Waals surface area contributed by atoms with Crippen LogP contribution >= 0.6 is 0 Å². The van der Waals surface area contributed by atoms with Gasteiger partial charge in [-0.15, -0.1) is 0 Å². The van der Waals surface area contributed by atoms with Gasteiger partial charge in [0.1, 0.15) is 0 Å². The van der Waals surface area contributed by atoms with Crippen LogP contribution in [0, 0.1) is 23.5 Å². The zero-order valence-electron chi connectivity index (χ0n) is 17.9. The molecule has 0 aliphatic heterocycles. The Bertz CT molecular complexity index is 1020. The summed E-state index contributed by atoms with van der Waals surface area (Å²) in [7, 11) is 0. The molecule has 0 nitrogen and oxygen atoms in total. The van der Waals surface area contributed by atoms with Gasteiger partial charge in [-0.1, -0.05) is 0 Å². The molecule has 2 atom stereocenters. The molecule has 0 spiro atoms. The van der Waals surface area contributed by atoms with E-state index in [0.717, 1.165) is 11.1 Å². The van der Waals surface area contributed by atoms with Crippen LogP contribution in [0.3, 0.4) is 0 Å². The number of rotatable bonds is 4. The summed E-state index contributed by atoms with van der Waals surface area (Å²) in [5.74, 6) is 0.407. The van der Waals surface area contributed by atoms with Crippen LogP contribution in [0.2, 0.25) is 0 Å². The molecule has 0 saturated heterocycles. The third-order valence-electron chi connectivity index (χ3n) is 5.90. The predicted octanol–water partition coefficient (Wildman–Crippen LogP) is 1.37. The molecule has 0 amide bonds. The minimum atomic E-state index is -0.997. The van der Waals surface area contributed by atoms with Gasteiger partial charge >= 0.3 is 184 Å². The largest absolute Gasteiger partial charge is 1.00 e.